The molecule has 19 heavy (non-hydrogen) atoms. The molecule has 1 aromatic heterocycles. The second-order valence-electron chi connectivity index (χ2n) is 4.03. The van der Waals surface area contributed by atoms with Crippen LogP contribution in [0.1, 0.15) is 5.56 Å². The number of H-pyrrole nitrogens is 1. The fourth-order valence-electron chi connectivity index (χ4n) is 1.89. The number of halogens is 2. The fourth-order valence-corrected chi connectivity index (χ4v) is 2.28. The SMILES string of the molecule is N#Cc1ccc2nc(-c3cccc(Cl)c3Cl)[nH]c2c1. The van der Waals surface area contributed by atoms with E-state index in [9.17, 15) is 0 Å². The van der Waals surface area contributed by atoms with E-state index < -0.39 is 0 Å². The summed E-state index contributed by atoms with van der Waals surface area (Å²) in [7, 11) is 0. The summed E-state index contributed by atoms with van der Waals surface area (Å²) < 4.78 is 0. The van der Waals surface area contributed by atoms with Gasteiger partial charge in [-0.3, -0.25) is 0 Å². The van der Waals surface area contributed by atoms with Crippen LogP contribution < -0.4 is 0 Å². The van der Waals surface area contributed by atoms with E-state index >= 15 is 0 Å². The number of fused-ring (bicyclic) bond motifs is 1. The number of nitrogens with one attached hydrogen (secondary N) is 1. The van der Waals surface area contributed by atoms with E-state index in [1.54, 1.807) is 24.3 Å². The number of hydrogen-bond acceptors (Lipinski definition) is 2. The summed E-state index contributed by atoms with van der Waals surface area (Å²) in [5.74, 6) is 0.637. The quantitative estimate of drug-likeness (QED) is 0.721. The highest BCUT2D eigenvalue weighted by atomic mass is 35.5. The first-order chi connectivity index (χ1) is 9.19. The summed E-state index contributed by atoms with van der Waals surface area (Å²) in [5, 5.41) is 9.82. The molecule has 0 saturated carbocycles. The zero-order chi connectivity index (χ0) is 13.4. The van der Waals surface area contributed by atoms with Gasteiger partial charge in [0.15, 0.2) is 0 Å². The average molecular weight is 288 g/mol. The van der Waals surface area contributed by atoms with Crippen LogP contribution in [0.4, 0.5) is 0 Å². The Morgan fingerprint density at radius 2 is 2.00 bits per heavy atom. The van der Waals surface area contributed by atoms with Gasteiger partial charge in [0.25, 0.3) is 0 Å². The van der Waals surface area contributed by atoms with Crippen molar-refractivity contribution in [2.45, 2.75) is 0 Å². The molecule has 92 valence electrons. The molecule has 1 N–H and O–H groups in total. The maximum atomic E-state index is 8.88. The van der Waals surface area contributed by atoms with Crippen LogP contribution >= 0.6 is 23.2 Å². The third-order valence-corrected chi connectivity index (χ3v) is 3.64. The first kappa shape index (κ1) is 12.0. The standard InChI is InChI=1S/C14H7Cl2N3/c15-10-3-1-2-9(13(10)16)14-18-11-5-4-8(7-17)6-12(11)19-14/h1-6H,(H,18,19). The van der Waals surface area contributed by atoms with Gasteiger partial charge in [0.05, 0.1) is 32.7 Å². The van der Waals surface area contributed by atoms with E-state index in [1.807, 2.05) is 12.1 Å². The number of aromatic nitrogens is 2. The molecule has 0 unspecified atom stereocenters. The highest BCUT2D eigenvalue weighted by molar-refractivity contribution is 6.43. The Morgan fingerprint density at radius 3 is 2.79 bits per heavy atom. The summed E-state index contributed by atoms with van der Waals surface area (Å²) >= 11 is 12.2. The highest BCUT2D eigenvalue weighted by Gasteiger charge is 2.11. The second-order valence-corrected chi connectivity index (χ2v) is 4.82. The van der Waals surface area contributed by atoms with Gasteiger partial charge >= 0.3 is 0 Å². The van der Waals surface area contributed by atoms with Crippen molar-refractivity contribution in [3.8, 4) is 17.5 Å². The van der Waals surface area contributed by atoms with Crippen LogP contribution in [0.15, 0.2) is 36.4 Å². The molecule has 3 aromatic rings. The van der Waals surface area contributed by atoms with Gasteiger partial charge < -0.3 is 4.98 Å². The molecule has 0 radical (unpaired) electrons. The molecular weight excluding hydrogens is 281 g/mol. The van der Waals surface area contributed by atoms with Crippen molar-refractivity contribution >= 4 is 34.2 Å². The van der Waals surface area contributed by atoms with Crippen LogP contribution in [0.5, 0.6) is 0 Å². The van der Waals surface area contributed by atoms with E-state index in [0.717, 1.165) is 16.6 Å². The summed E-state index contributed by atoms with van der Waals surface area (Å²) in [6, 6.07) is 12.8. The Kier molecular flexibility index (Phi) is 2.90. The van der Waals surface area contributed by atoms with Crippen LogP contribution in [0.2, 0.25) is 10.0 Å². The Labute approximate surface area is 119 Å². The van der Waals surface area contributed by atoms with Gasteiger partial charge in [-0.15, -0.1) is 0 Å². The minimum atomic E-state index is 0.462. The lowest BCUT2D eigenvalue weighted by atomic mass is 10.2. The Bertz CT molecular complexity index is 815. The molecule has 0 fully saturated rings. The number of rotatable bonds is 1. The van der Waals surface area contributed by atoms with Crippen molar-refractivity contribution in [3.63, 3.8) is 0 Å². The predicted molar refractivity (Wildman–Crippen MR) is 76.3 cm³/mol. The van der Waals surface area contributed by atoms with Crippen molar-refractivity contribution in [3.05, 3.63) is 52.0 Å². The molecule has 3 nitrogen and oxygen atoms in total. The fraction of sp³-hybridized carbons (Fsp3) is 0. The van der Waals surface area contributed by atoms with Crippen molar-refractivity contribution in [2.24, 2.45) is 0 Å². The largest absolute Gasteiger partial charge is 0.338 e. The van der Waals surface area contributed by atoms with Gasteiger partial charge in [0, 0.05) is 5.56 Å². The number of aromatic amines is 1. The van der Waals surface area contributed by atoms with E-state index in [2.05, 4.69) is 16.0 Å². The first-order valence-corrected chi connectivity index (χ1v) is 6.29. The van der Waals surface area contributed by atoms with Gasteiger partial charge in [-0.2, -0.15) is 5.26 Å². The molecule has 0 bridgehead atoms. The van der Waals surface area contributed by atoms with Gasteiger partial charge in [-0.05, 0) is 30.3 Å². The third kappa shape index (κ3) is 2.06. The molecule has 2 aromatic carbocycles. The molecule has 0 aliphatic carbocycles. The smallest absolute Gasteiger partial charge is 0.140 e. The first-order valence-electron chi connectivity index (χ1n) is 5.53. The van der Waals surface area contributed by atoms with Gasteiger partial charge in [0.1, 0.15) is 5.82 Å². The Balaban J connectivity index is 2.21. The van der Waals surface area contributed by atoms with Crippen molar-refractivity contribution in [1.82, 2.24) is 9.97 Å². The number of imidazole rings is 1. The lowest BCUT2D eigenvalue weighted by Crippen LogP contribution is -1.82. The minimum absolute atomic E-state index is 0.462. The zero-order valence-electron chi connectivity index (χ0n) is 9.61. The molecular formula is C14H7Cl2N3. The molecule has 0 atom stereocenters. The maximum absolute atomic E-state index is 8.88. The lowest BCUT2D eigenvalue weighted by Gasteiger charge is -2.01. The summed E-state index contributed by atoms with van der Waals surface area (Å²) in [6.45, 7) is 0. The van der Waals surface area contributed by atoms with Gasteiger partial charge in [0.2, 0.25) is 0 Å². The molecule has 0 saturated heterocycles. The predicted octanol–water partition coefficient (Wildman–Crippen LogP) is 4.41. The minimum Gasteiger partial charge on any atom is -0.338 e. The van der Waals surface area contributed by atoms with E-state index in [1.165, 1.54) is 0 Å². The van der Waals surface area contributed by atoms with Crippen LogP contribution in [0, 0.1) is 11.3 Å². The van der Waals surface area contributed by atoms with E-state index in [4.69, 9.17) is 28.5 Å². The van der Waals surface area contributed by atoms with Crippen LogP contribution in [-0.4, -0.2) is 9.97 Å². The van der Waals surface area contributed by atoms with Crippen LogP contribution in [0.25, 0.3) is 22.4 Å². The number of nitrogens with zero attached hydrogens (tertiary/aromatic N) is 2. The molecule has 1 heterocycles. The Hall–Kier alpha value is -2.02. The summed E-state index contributed by atoms with van der Waals surface area (Å²) in [4.78, 5) is 7.60. The number of benzene rings is 2. The topological polar surface area (TPSA) is 52.5 Å². The van der Waals surface area contributed by atoms with Crippen LogP contribution in [-0.2, 0) is 0 Å². The number of hydrogen-bond donors (Lipinski definition) is 1. The van der Waals surface area contributed by atoms with Gasteiger partial charge in [-0.25, -0.2) is 4.98 Å². The monoisotopic (exact) mass is 287 g/mol. The van der Waals surface area contributed by atoms with Crippen LogP contribution in [0.3, 0.4) is 0 Å². The van der Waals surface area contributed by atoms with E-state index in [-0.39, 0.29) is 0 Å². The molecule has 0 spiro atoms. The molecule has 3 rings (SSSR count). The normalized spacial score (nSPS) is 10.6. The highest BCUT2D eigenvalue weighted by Crippen LogP contribution is 2.32. The Morgan fingerprint density at radius 1 is 1.16 bits per heavy atom. The van der Waals surface area contributed by atoms with E-state index in [0.29, 0.717) is 21.4 Å². The molecule has 5 heteroatoms. The molecule has 0 amide bonds. The zero-order valence-corrected chi connectivity index (χ0v) is 11.1. The van der Waals surface area contributed by atoms with Gasteiger partial charge in [-0.1, -0.05) is 29.3 Å². The molecule has 0 aliphatic heterocycles. The molecule has 0 aliphatic rings. The number of nitriles is 1. The second kappa shape index (κ2) is 4.58. The summed E-state index contributed by atoms with van der Waals surface area (Å²) in [6.07, 6.45) is 0. The van der Waals surface area contributed by atoms with Crippen molar-refractivity contribution in [2.75, 3.05) is 0 Å². The lowest BCUT2D eigenvalue weighted by molar-refractivity contribution is 1.34. The maximum Gasteiger partial charge on any atom is 0.140 e. The average Bonchev–Trinajstić information content (AvgIpc) is 2.84. The summed E-state index contributed by atoms with van der Waals surface area (Å²) in [5.41, 5.74) is 2.90. The van der Waals surface area contributed by atoms with Crippen molar-refractivity contribution in [1.29, 1.82) is 5.26 Å². The third-order valence-electron chi connectivity index (χ3n) is 2.82. The van der Waals surface area contributed by atoms with Crippen molar-refractivity contribution < 1.29 is 0 Å².